The van der Waals surface area contributed by atoms with Crippen molar-refractivity contribution in [2.24, 2.45) is 0 Å². The van der Waals surface area contributed by atoms with Crippen LogP contribution in [0.2, 0.25) is 0 Å². The number of aromatic nitrogens is 1. The van der Waals surface area contributed by atoms with E-state index in [4.69, 9.17) is 11.5 Å². The monoisotopic (exact) mass is 514 g/mol. The maximum absolute atomic E-state index is 14.0. The maximum atomic E-state index is 14.0. The van der Waals surface area contributed by atoms with Crippen molar-refractivity contribution in [3.8, 4) is 0 Å². The van der Waals surface area contributed by atoms with E-state index in [-0.39, 0.29) is 35.1 Å². The van der Waals surface area contributed by atoms with Crippen molar-refractivity contribution in [3.63, 3.8) is 0 Å². The van der Waals surface area contributed by atoms with E-state index in [2.05, 4.69) is 15.6 Å². The highest BCUT2D eigenvalue weighted by Gasteiger charge is 2.27. The van der Waals surface area contributed by atoms with Crippen molar-refractivity contribution in [1.29, 1.82) is 0 Å². The Morgan fingerprint density at radius 2 is 1.67 bits per heavy atom. The molecule has 2 aromatic carbocycles. The fourth-order valence-electron chi connectivity index (χ4n) is 3.84. The number of hydrogen-bond acceptors (Lipinski definition) is 8. The summed E-state index contributed by atoms with van der Waals surface area (Å²) in [4.78, 5) is 43.1. The quantitative estimate of drug-likeness (QED) is 0.280. The highest BCUT2D eigenvalue weighted by atomic mass is 32.1. The summed E-state index contributed by atoms with van der Waals surface area (Å²) in [5.41, 5.74) is 11.8. The second-order valence-electron chi connectivity index (χ2n) is 8.26. The summed E-state index contributed by atoms with van der Waals surface area (Å²) in [6.07, 6.45) is 1.20. The van der Waals surface area contributed by atoms with E-state index in [9.17, 15) is 23.2 Å². The molecule has 188 valence electrons. The Bertz CT molecular complexity index is 1270. The minimum Gasteiger partial charge on any atom is -0.399 e. The number of likely N-dealkylation sites (tertiary alicyclic amines) is 1. The van der Waals surface area contributed by atoms with E-state index in [0.717, 1.165) is 23.5 Å². The second-order valence-corrected chi connectivity index (χ2v) is 9.26. The highest BCUT2D eigenvalue weighted by molar-refractivity contribution is 7.18. The molecule has 0 aliphatic carbocycles. The Labute approximate surface area is 209 Å². The number of halogens is 2. The van der Waals surface area contributed by atoms with Crippen molar-refractivity contribution in [3.05, 3.63) is 70.1 Å². The molecule has 0 atom stereocenters. The van der Waals surface area contributed by atoms with Crippen molar-refractivity contribution in [2.75, 3.05) is 36.4 Å². The minimum atomic E-state index is -0.969. The molecule has 1 aromatic heterocycles. The lowest BCUT2D eigenvalue weighted by Crippen LogP contribution is -2.46. The van der Waals surface area contributed by atoms with Gasteiger partial charge in [0, 0.05) is 30.4 Å². The van der Waals surface area contributed by atoms with Gasteiger partial charge >= 0.3 is 0 Å². The first-order valence-electron chi connectivity index (χ1n) is 11.2. The molecule has 1 saturated heterocycles. The topological polar surface area (TPSA) is 143 Å². The molecule has 4 rings (SSSR count). The average molecular weight is 515 g/mol. The molecule has 6 N–H and O–H groups in total. The van der Waals surface area contributed by atoms with Crippen molar-refractivity contribution in [2.45, 2.75) is 18.9 Å². The predicted octanol–water partition coefficient (Wildman–Crippen LogP) is 2.65. The molecule has 3 aromatic rings. The van der Waals surface area contributed by atoms with E-state index in [1.165, 1.54) is 6.07 Å². The molecular formula is C24H24F2N6O3S. The van der Waals surface area contributed by atoms with Gasteiger partial charge in [0.25, 0.3) is 5.91 Å². The first kappa shape index (κ1) is 25.0. The largest absolute Gasteiger partial charge is 0.399 e. The van der Waals surface area contributed by atoms with Crippen LogP contribution in [0.25, 0.3) is 0 Å². The van der Waals surface area contributed by atoms with Crippen LogP contribution in [0, 0.1) is 11.6 Å². The highest BCUT2D eigenvalue weighted by Crippen LogP contribution is 2.30. The lowest BCUT2D eigenvalue weighted by molar-refractivity contribution is -0.131. The van der Waals surface area contributed by atoms with Gasteiger partial charge in [0.15, 0.2) is 5.13 Å². The number of ketones is 1. The second kappa shape index (κ2) is 10.7. The third-order valence-electron chi connectivity index (χ3n) is 5.80. The third kappa shape index (κ3) is 5.60. The number of rotatable bonds is 7. The van der Waals surface area contributed by atoms with Crippen LogP contribution >= 0.6 is 11.3 Å². The van der Waals surface area contributed by atoms with E-state index in [1.807, 2.05) is 0 Å². The first-order chi connectivity index (χ1) is 17.2. The third-order valence-corrected chi connectivity index (χ3v) is 6.80. The Hall–Kier alpha value is -4.06. The number of piperidine rings is 1. The van der Waals surface area contributed by atoms with E-state index in [0.29, 0.717) is 42.3 Å². The summed E-state index contributed by atoms with van der Waals surface area (Å²) in [6, 6.07) is 9.54. The smallest absolute Gasteiger partial charge is 0.251 e. The fourth-order valence-corrected chi connectivity index (χ4v) is 4.74. The van der Waals surface area contributed by atoms with Gasteiger partial charge in [-0.2, -0.15) is 0 Å². The van der Waals surface area contributed by atoms with Gasteiger partial charge < -0.3 is 27.0 Å². The van der Waals surface area contributed by atoms with Crippen LogP contribution in [0.3, 0.4) is 0 Å². The fraction of sp³-hybridized carbons (Fsp3) is 0.250. The molecule has 12 heteroatoms. The molecule has 1 aliphatic heterocycles. The molecule has 2 heterocycles. The van der Waals surface area contributed by atoms with Crippen molar-refractivity contribution in [1.82, 2.24) is 15.2 Å². The molecule has 36 heavy (non-hydrogen) atoms. The number of benzene rings is 2. The van der Waals surface area contributed by atoms with Gasteiger partial charge in [0.2, 0.25) is 11.7 Å². The van der Waals surface area contributed by atoms with E-state index >= 15 is 0 Å². The summed E-state index contributed by atoms with van der Waals surface area (Å²) in [6.45, 7) is 0.797. The Morgan fingerprint density at radius 1 is 1.03 bits per heavy atom. The van der Waals surface area contributed by atoms with Crippen molar-refractivity contribution >= 4 is 45.6 Å². The number of nitrogens with zero attached hydrogens (tertiary/aromatic N) is 2. The van der Waals surface area contributed by atoms with Crippen molar-refractivity contribution < 1.29 is 23.2 Å². The van der Waals surface area contributed by atoms with Crippen LogP contribution in [-0.2, 0) is 4.79 Å². The Kier molecular flexibility index (Phi) is 7.44. The molecular weight excluding hydrogens is 490 g/mol. The van der Waals surface area contributed by atoms with Gasteiger partial charge in [-0.15, -0.1) is 0 Å². The number of nitrogens with one attached hydrogen (secondary N) is 2. The number of carbonyl (C=O) groups excluding carboxylic acids is 3. The SMILES string of the molecule is Nc1ccc(C(=O)NCC(=O)N2CCC(Nc3nc(N)c(C(=O)c4c(F)cccc4F)s3)CC2)cc1. The maximum Gasteiger partial charge on any atom is 0.251 e. The summed E-state index contributed by atoms with van der Waals surface area (Å²) in [5.74, 6) is -3.47. The van der Waals surface area contributed by atoms with Crippen LogP contribution in [0.15, 0.2) is 42.5 Å². The Morgan fingerprint density at radius 3 is 2.31 bits per heavy atom. The van der Waals surface area contributed by atoms with Crippen LogP contribution in [0.5, 0.6) is 0 Å². The van der Waals surface area contributed by atoms with Gasteiger partial charge in [0.05, 0.1) is 12.1 Å². The van der Waals surface area contributed by atoms with Crippen LogP contribution < -0.4 is 22.1 Å². The average Bonchev–Trinajstić information content (AvgIpc) is 3.22. The minimum absolute atomic E-state index is 0.0443. The molecule has 0 radical (unpaired) electrons. The van der Waals surface area contributed by atoms with Gasteiger partial charge in [-0.25, -0.2) is 13.8 Å². The van der Waals surface area contributed by atoms with E-state index in [1.54, 1.807) is 29.2 Å². The molecule has 0 unspecified atom stereocenters. The normalized spacial score (nSPS) is 13.9. The number of nitrogens with two attached hydrogens (primary N) is 2. The number of nitrogen functional groups attached to an aromatic ring is 2. The lowest BCUT2D eigenvalue weighted by Gasteiger charge is -2.32. The number of amides is 2. The molecule has 0 bridgehead atoms. The molecule has 1 fully saturated rings. The first-order valence-corrected chi connectivity index (χ1v) is 12.0. The molecule has 9 nitrogen and oxygen atoms in total. The van der Waals surface area contributed by atoms with Crippen LogP contribution in [0.4, 0.5) is 25.4 Å². The van der Waals surface area contributed by atoms with E-state index < -0.39 is 23.0 Å². The summed E-state index contributed by atoms with van der Waals surface area (Å²) in [5, 5.41) is 6.15. The number of carbonyl (C=O) groups is 3. The van der Waals surface area contributed by atoms with Gasteiger partial charge in [0.1, 0.15) is 22.3 Å². The van der Waals surface area contributed by atoms with Gasteiger partial charge in [-0.1, -0.05) is 17.4 Å². The summed E-state index contributed by atoms with van der Waals surface area (Å²) < 4.78 is 28.0. The molecule has 0 spiro atoms. The summed E-state index contributed by atoms with van der Waals surface area (Å²) >= 11 is 0.925. The standard InChI is InChI=1S/C24H24F2N6O3S/c25-16-2-1-3-17(26)19(16)20(34)21-22(28)31-24(36-21)30-15-8-10-32(11-9-15)18(33)12-29-23(35)13-4-6-14(27)7-5-13/h1-7,15H,8-12,27-28H2,(H,29,35)(H,30,31). The zero-order valence-electron chi connectivity index (χ0n) is 19.1. The molecule has 0 saturated carbocycles. The van der Waals surface area contributed by atoms with Crippen LogP contribution in [-0.4, -0.2) is 53.2 Å². The predicted molar refractivity (Wildman–Crippen MR) is 133 cm³/mol. The molecule has 1 aliphatic rings. The number of hydrogen-bond donors (Lipinski definition) is 4. The van der Waals surface area contributed by atoms with Gasteiger partial charge in [-0.3, -0.25) is 14.4 Å². The summed E-state index contributed by atoms with van der Waals surface area (Å²) in [7, 11) is 0. The Balaban J connectivity index is 1.29. The lowest BCUT2D eigenvalue weighted by atomic mass is 10.1. The number of anilines is 3. The number of thiazole rings is 1. The zero-order valence-corrected chi connectivity index (χ0v) is 19.9. The zero-order chi connectivity index (χ0) is 25.8. The molecule has 2 amide bonds. The van der Waals surface area contributed by atoms with Crippen LogP contribution in [0.1, 0.15) is 38.4 Å². The van der Waals surface area contributed by atoms with Gasteiger partial charge in [-0.05, 0) is 49.2 Å².